The third-order valence-corrected chi connectivity index (χ3v) is 4.69. The Morgan fingerprint density at radius 1 is 1.16 bits per heavy atom. The van der Waals surface area contributed by atoms with Crippen LogP contribution >= 0.6 is 31.9 Å². The van der Waals surface area contributed by atoms with Crippen LogP contribution in [0.2, 0.25) is 0 Å². The zero-order chi connectivity index (χ0) is 14.0. The lowest BCUT2D eigenvalue weighted by molar-refractivity contribution is -0.141. The molecular formula is C13H13Br2NO3. The molecule has 0 radical (unpaired) electrons. The van der Waals surface area contributed by atoms with E-state index in [-0.39, 0.29) is 11.8 Å². The predicted octanol–water partition coefficient (Wildman–Crippen LogP) is 3.65. The quantitative estimate of drug-likeness (QED) is 0.827. The normalized spacial score (nSPS) is 22.2. The van der Waals surface area contributed by atoms with Crippen LogP contribution in [0.4, 0.5) is 5.69 Å². The molecule has 0 heterocycles. The number of carbonyl (C=O) groups is 2. The first-order valence-corrected chi connectivity index (χ1v) is 7.55. The van der Waals surface area contributed by atoms with Crippen molar-refractivity contribution < 1.29 is 14.7 Å². The number of carboxylic acid groups (broad SMARTS) is 1. The number of anilines is 1. The molecular weight excluding hydrogens is 378 g/mol. The number of aliphatic carboxylic acids is 1. The van der Waals surface area contributed by atoms with Crippen LogP contribution < -0.4 is 5.32 Å². The summed E-state index contributed by atoms with van der Waals surface area (Å²) in [5, 5.41) is 11.8. The second kappa shape index (κ2) is 6.05. The average Bonchev–Trinajstić information content (AvgIpc) is 2.83. The lowest BCUT2D eigenvalue weighted by Gasteiger charge is -2.13. The molecule has 1 aromatic rings. The zero-order valence-corrected chi connectivity index (χ0v) is 13.2. The molecule has 19 heavy (non-hydrogen) atoms. The smallest absolute Gasteiger partial charge is 0.306 e. The van der Waals surface area contributed by atoms with Crippen molar-refractivity contribution in [1.82, 2.24) is 0 Å². The van der Waals surface area contributed by atoms with E-state index < -0.39 is 11.9 Å². The van der Waals surface area contributed by atoms with E-state index in [0.29, 0.717) is 24.9 Å². The van der Waals surface area contributed by atoms with Crippen molar-refractivity contribution in [3.8, 4) is 0 Å². The number of para-hydroxylation sites is 1. The van der Waals surface area contributed by atoms with Crippen LogP contribution in [0.3, 0.4) is 0 Å². The van der Waals surface area contributed by atoms with E-state index in [1.165, 1.54) is 0 Å². The third-order valence-electron chi connectivity index (χ3n) is 3.36. The summed E-state index contributed by atoms with van der Waals surface area (Å²) in [4.78, 5) is 23.0. The van der Waals surface area contributed by atoms with Gasteiger partial charge in [0.15, 0.2) is 0 Å². The number of hydrogen-bond donors (Lipinski definition) is 2. The van der Waals surface area contributed by atoms with Crippen LogP contribution in [0.25, 0.3) is 0 Å². The van der Waals surface area contributed by atoms with E-state index in [0.717, 1.165) is 8.95 Å². The van der Waals surface area contributed by atoms with E-state index in [1.807, 2.05) is 18.2 Å². The van der Waals surface area contributed by atoms with Gasteiger partial charge in [0.1, 0.15) is 0 Å². The molecule has 0 aliphatic heterocycles. The zero-order valence-electron chi connectivity index (χ0n) is 10.0. The molecule has 0 bridgehead atoms. The molecule has 2 rings (SSSR count). The molecule has 1 fully saturated rings. The average molecular weight is 391 g/mol. The van der Waals surface area contributed by atoms with Crippen molar-refractivity contribution in [2.75, 3.05) is 5.32 Å². The van der Waals surface area contributed by atoms with Crippen molar-refractivity contribution in [2.45, 2.75) is 19.3 Å². The summed E-state index contributed by atoms with van der Waals surface area (Å²) in [6.45, 7) is 0. The van der Waals surface area contributed by atoms with Gasteiger partial charge in [-0.2, -0.15) is 0 Å². The second-order valence-electron chi connectivity index (χ2n) is 4.63. The van der Waals surface area contributed by atoms with E-state index in [2.05, 4.69) is 37.2 Å². The number of carboxylic acids is 1. The van der Waals surface area contributed by atoms with Gasteiger partial charge >= 0.3 is 5.97 Å². The van der Waals surface area contributed by atoms with Crippen LogP contribution in [-0.2, 0) is 9.59 Å². The van der Waals surface area contributed by atoms with Crippen molar-refractivity contribution in [3.05, 3.63) is 27.1 Å². The summed E-state index contributed by atoms with van der Waals surface area (Å²) in [7, 11) is 0. The minimum atomic E-state index is -0.808. The van der Waals surface area contributed by atoms with E-state index in [4.69, 9.17) is 5.11 Å². The number of rotatable bonds is 3. The molecule has 0 unspecified atom stereocenters. The molecule has 0 spiro atoms. The van der Waals surface area contributed by atoms with Gasteiger partial charge in [0.2, 0.25) is 5.91 Å². The number of nitrogens with one attached hydrogen (secondary N) is 1. The highest BCUT2D eigenvalue weighted by Gasteiger charge is 2.34. The largest absolute Gasteiger partial charge is 0.481 e. The molecule has 1 aromatic carbocycles. The first-order chi connectivity index (χ1) is 8.99. The van der Waals surface area contributed by atoms with Crippen LogP contribution in [0.1, 0.15) is 19.3 Å². The van der Waals surface area contributed by atoms with Crippen LogP contribution in [0.5, 0.6) is 0 Å². The molecule has 4 nitrogen and oxygen atoms in total. The summed E-state index contributed by atoms with van der Waals surface area (Å²) in [6.07, 6.45) is 1.62. The monoisotopic (exact) mass is 389 g/mol. The highest BCUT2D eigenvalue weighted by Crippen LogP contribution is 2.35. The van der Waals surface area contributed by atoms with Crippen molar-refractivity contribution in [2.24, 2.45) is 11.8 Å². The summed E-state index contributed by atoms with van der Waals surface area (Å²) in [5.41, 5.74) is 0.686. The second-order valence-corrected chi connectivity index (χ2v) is 6.34. The topological polar surface area (TPSA) is 66.4 Å². The molecule has 1 aliphatic carbocycles. The van der Waals surface area contributed by atoms with Crippen LogP contribution in [0, 0.1) is 11.8 Å². The maximum Gasteiger partial charge on any atom is 0.306 e. The molecule has 0 saturated heterocycles. The standard InChI is InChI=1S/C13H13Br2NO3/c14-9-2-1-3-10(15)11(9)16-12(17)7-4-5-8(6-7)13(18)19/h1-3,7-8H,4-6H2,(H,16,17)(H,18,19)/t7-,8+/m1/s1. The number of halogens is 2. The summed E-state index contributed by atoms with van der Waals surface area (Å²) in [6, 6.07) is 5.55. The molecule has 1 saturated carbocycles. The van der Waals surface area contributed by atoms with E-state index in [9.17, 15) is 9.59 Å². The lowest BCUT2D eigenvalue weighted by Crippen LogP contribution is -2.22. The van der Waals surface area contributed by atoms with Gasteiger partial charge in [0.05, 0.1) is 11.6 Å². The van der Waals surface area contributed by atoms with Gasteiger partial charge in [-0.05, 0) is 63.3 Å². The summed E-state index contributed by atoms with van der Waals surface area (Å²) < 4.78 is 1.59. The molecule has 1 amide bonds. The summed E-state index contributed by atoms with van der Waals surface area (Å²) >= 11 is 6.76. The van der Waals surface area contributed by atoms with Crippen molar-refractivity contribution >= 4 is 49.4 Å². The van der Waals surface area contributed by atoms with Gasteiger partial charge in [0.25, 0.3) is 0 Å². The van der Waals surface area contributed by atoms with E-state index >= 15 is 0 Å². The molecule has 102 valence electrons. The molecule has 2 atom stereocenters. The molecule has 6 heteroatoms. The van der Waals surface area contributed by atoms with Crippen LogP contribution in [0.15, 0.2) is 27.1 Å². The Morgan fingerprint density at radius 3 is 2.26 bits per heavy atom. The Balaban J connectivity index is 2.04. The molecule has 1 aliphatic rings. The number of carbonyl (C=O) groups excluding carboxylic acids is 1. The maximum absolute atomic E-state index is 12.1. The SMILES string of the molecule is O=C(O)[C@H]1CC[C@@H](C(=O)Nc2c(Br)cccc2Br)C1. The summed E-state index contributed by atoms with van der Waals surface area (Å²) in [5.74, 6) is -1.53. The van der Waals surface area contributed by atoms with Crippen molar-refractivity contribution in [1.29, 1.82) is 0 Å². The van der Waals surface area contributed by atoms with Gasteiger partial charge < -0.3 is 10.4 Å². The predicted molar refractivity (Wildman–Crippen MR) is 78.9 cm³/mol. The van der Waals surface area contributed by atoms with E-state index in [1.54, 1.807) is 0 Å². The molecule has 2 N–H and O–H groups in total. The Hall–Kier alpha value is -0.880. The van der Waals surface area contributed by atoms with Crippen LogP contribution in [-0.4, -0.2) is 17.0 Å². The third kappa shape index (κ3) is 3.36. The molecule has 0 aromatic heterocycles. The number of amides is 1. The maximum atomic E-state index is 12.1. The first-order valence-electron chi connectivity index (χ1n) is 5.96. The Labute approximate surface area is 127 Å². The van der Waals surface area contributed by atoms with Gasteiger partial charge in [-0.15, -0.1) is 0 Å². The fourth-order valence-corrected chi connectivity index (χ4v) is 3.48. The van der Waals surface area contributed by atoms with Gasteiger partial charge in [-0.1, -0.05) is 6.07 Å². The Morgan fingerprint density at radius 2 is 1.74 bits per heavy atom. The minimum absolute atomic E-state index is 0.114. The first kappa shape index (κ1) is 14.5. The highest BCUT2D eigenvalue weighted by atomic mass is 79.9. The minimum Gasteiger partial charge on any atom is -0.481 e. The highest BCUT2D eigenvalue weighted by molar-refractivity contribution is 9.11. The fraction of sp³-hybridized carbons (Fsp3) is 0.385. The van der Waals surface area contributed by atoms with Gasteiger partial charge in [-0.25, -0.2) is 0 Å². The fourth-order valence-electron chi connectivity index (χ4n) is 2.29. The Kier molecular flexibility index (Phi) is 4.62. The van der Waals surface area contributed by atoms with Crippen molar-refractivity contribution in [3.63, 3.8) is 0 Å². The number of hydrogen-bond acceptors (Lipinski definition) is 2. The lowest BCUT2D eigenvalue weighted by atomic mass is 10.0. The van der Waals surface area contributed by atoms with Gasteiger partial charge in [0, 0.05) is 14.9 Å². The number of benzene rings is 1. The van der Waals surface area contributed by atoms with Gasteiger partial charge in [-0.3, -0.25) is 9.59 Å². The Bertz CT molecular complexity index is 498.